The van der Waals surface area contributed by atoms with E-state index in [0.29, 0.717) is 39.2 Å². The minimum absolute atomic E-state index is 0.234. The lowest BCUT2D eigenvalue weighted by molar-refractivity contribution is 0.824. The summed E-state index contributed by atoms with van der Waals surface area (Å²) >= 11 is 12.3. The smallest absolute Gasteiger partial charge is 0.261 e. The number of pyridine rings is 1. The molecule has 0 radical (unpaired) electrons. The molecule has 0 saturated carbocycles. The van der Waals surface area contributed by atoms with Crippen LogP contribution < -0.4 is 16.2 Å². The number of imidazole rings is 1. The van der Waals surface area contributed by atoms with E-state index < -0.39 is 0 Å². The summed E-state index contributed by atoms with van der Waals surface area (Å²) < 4.78 is 0. The Morgan fingerprint density at radius 2 is 1.78 bits per heavy atom. The van der Waals surface area contributed by atoms with Crippen molar-refractivity contribution in [2.45, 2.75) is 0 Å². The monoisotopic (exact) mass is 401 g/mol. The van der Waals surface area contributed by atoms with Crippen LogP contribution in [0.3, 0.4) is 0 Å². The molecule has 0 amide bonds. The number of aromatic amines is 2. The zero-order valence-corrected chi connectivity index (χ0v) is 16.0. The normalized spacial score (nSPS) is 11.4. The molecule has 2 heterocycles. The summed E-state index contributed by atoms with van der Waals surface area (Å²) in [7, 11) is 1.87. The Bertz CT molecular complexity index is 1200. The third-order valence-electron chi connectivity index (χ3n) is 4.33. The Labute approximate surface area is 164 Å². The molecule has 27 heavy (non-hydrogen) atoms. The maximum absolute atomic E-state index is 12.9. The van der Waals surface area contributed by atoms with Gasteiger partial charge in [-0.2, -0.15) is 0 Å². The molecule has 0 spiro atoms. The van der Waals surface area contributed by atoms with Crippen LogP contribution in [-0.2, 0) is 0 Å². The lowest BCUT2D eigenvalue weighted by Gasteiger charge is -2.13. The topological polar surface area (TPSA) is 85.6 Å². The third kappa shape index (κ3) is 3.39. The highest BCUT2D eigenvalue weighted by Crippen LogP contribution is 2.32. The molecule has 0 bridgehead atoms. The van der Waals surface area contributed by atoms with Gasteiger partial charge in [-0.1, -0.05) is 23.2 Å². The van der Waals surface area contributed by atoms with Crippen LogP contribution in [0.4, 0.5) is 5.69 Å². The first-order chi connectivity index (χ1) is 13.1. The minimum Gasteiger partial charge on any atom is -0.382 e. The molecule has 4 aromatic rings. The summed E-state index contributed by atoms with van der Waals surface area (Å²) in [5.74, 6) is 0.474. The van der Waals surface area contributed by atoms with Crippen molar-refractivity contribution < 1.29 is 0 Å². The summed E-state index contributed by atoms with van der Waals surface area (Å²) in [5.41, 5.74) is 3.11. The van der Waals surface area contributed by atoms with Gasteiger partial charge in [-0.15, -0.1) is 0 Å². The van der Waals surface area contributed by atoms with E-state index in [9.17, 15) is 4.79 Å². The molecule has 0 atom stereocenters. The fraction of sp³-hybridized carbons (Fsp3) is 0.158. The van der Waals surface area contributed by atoms with Crippen molar-refractivity contribution in [3.05, 3.63) is 56.8 Å². The summed E-state index contributed by atoms with van der Waals surface area (Å²) in [4.78, 5) is 23.6. The quantitative estimate of drug-likeness (QED) is 0.380. The number of nitrogens with zero attached hydrogens (tertiary/aromatic N) is 1. The second-order valence-electron chi connectivity index (χ2n) is 6.17. The number of fused-ring (bicyclic) bond motifs is 2. The number of nitrogens with one attached hydrogen (secondary N) is 4. The highest BCUT2D eigenvalue weighted by molar-refractivity contribution is 6.31. The molecular weight excluding hydrogens is 385 g/mol. The highest BCUT2D eigenvalue weighted by atomic mass is 35.5. The van der Waals surface area contributed by atoms with Gasteiger partial charge in [-0.25, -0.2) is 4.98 Å². The van der Waals surface area contributed by atoms with Gasteiger partial charge in [0.2, 0.25) is 0 Å². The first-order valence-electron chi connectivity index (χ1n) is 8.46. The van der Waals surface area contributed by atoms with E-state index in [-0.39, 0.29) is 5.56 Å². The number of rotatable bonds is 5. The van der Waals surface area contributed by atoms with E-state index >= 15 is 0 Å². The summed E-state index contributed by atoms with van der Waals surface area (Å²) in [5, 5.41) is 8.46. The molecule has 2 aromatic carbocycles. The van der Waals surface area contributed by atoms with Crippen molar-refractivity contribution in [3.63, 3.8) is 0 Å². The van der Waals surface area contributed by atoms with Crippen LogP contribution >= 0.6 is 23.2 Å². The van der Waals surface area contributed by atoms with Gasteiger partial charge >= 0.3 is 0 Å². The molecule has 0 fully saturated rings. The number of anilines is 1. The van der Waals surface area contributed by atoms with Crippen molar-refractivity contribution in [1.29, 1.82) is 0 Å². The zero-order chi connectivity index (χ0) is 19.0. The molecule has 0 aliphatic heterocycles. The van der Waals surface area contributed by atoms with Gasteiger partial charge < -0.3 is 20.6 Å². The number of hydrogen-bond donors (Lipinski definition) is 4. The average Bonchev–Trinajstić information content (AvgIpc) is 3.04. The molecule has 4 rings (SSSR count). The van der Waals surface area contributed by atoms with Gasteiger partial charge in [-0.3, -0.25) is 4.79 Å². The number of H-pyrrole nitrogens is 2. The predicted molar refractivity (Wildman–Crippen MR) is 112 cm³/mol. The van der Waals surface area contributed by atoms with Crippen LogP contribution in [0.15, 0.2) is 41.2 Å². The van der Waals surface area contributed by atoms with Crippen LogP contribution in [0.25, 0.3) is 33.3 Å². The molecule has 0 aliphatic carbocycles. The number of halogens is 2. The van der Waals surface area contributed by atoms with Crippen LogP contribution in [0, 0.1) is 0 Å². The van der Waals surface area contributed by atoms with Crippen molar-refractivity contribution >= 4 is 50.8 Å². The second kappa shape index (κ2) is 7.23. The SMILES string of the molecule is CNCCNc1c(-c2nc3ccc(Cl)cc3[nH]2)c(=O)[nH]c2ccc(Cl)cc12. The van der Waals surface area contributed by atoms with E-state index in [2.05, 4.69) is 25.6 Å². The summed E-state index contributed by atoms with van der Waals surface area (Å²) in [6.45, 7) is 1.38. The van der Waals surface area contributed by atoms with Crippen molar-refractivity contribution in [1.82, 2.24) is 20.3 Å². The van der Waals surface area contributed by atoms with E-state index in [1.54, 1.807) is 24.3 Å². The van der Waals surface area contributed by atoms with E-state index in [1.807, 2.05) is 19.2 Å². The molecule has 4 N–H and O–H groups in total. The van der Waals surface area contributed by atoms with Crippen LogP contribution in [0.2, 0.25) is 10.0 Å². The van der Waals surface area contributed by atoms with Gasteiger partial charge in [0.15, 0.2) is 0 Å². The molecule has 138 valence electrons. The Kier molecular flexibility index (Phi) is 4.78. The van der Waals surface area contributed by atoms with Crippen molar-refractivity contribution in [2.24, 2.45) is 0 Å². The first-order valence-corrected chi connectivity index (χ1v) is 9.22. The van der Waals surface area contributed by atoms with E-state index in [4.69, 9.17) is 23.2 Å². The fourth-order valence-corrected chi connectivity index (χ4v) is 3.43. The Balaban J connectivity index is 1.97. The fourth-order valence-electron chi connectivity index (χ4n) is 3.09. The van der Waals surface area contributed by atoms with Gasteiger partial charge in [0.25, 0.3) is 5.56 Å². The summed E-state index contributed by atoms with van der Waals surface area (Å²) in [6, 6.07) is 10.7. The summed E-state index contributed by atoms with van der Waals surface area (Å²) in [6.07, 6.45) is 0. The zero-order valence-electron chi connectivity index (χ0n) is 14.5. The van der Waals surface area contributed by atoms with E-state index in [1.165, 1.54) is 0 Å². The van der Waals surface area contributed by atoms with Crippen molar-refractivity contribution in [3.8, 4) is 11.4 Å². The molecular formula is C19H17Cl2N5O. The molecule has 8 heteroatoms. The van der Waals surface area contributed by atoms with Crippen LogP contribution in [0.1, 0.15) is 0 Å². The third-order valence-corrected chi connectivity index (χ3v) is 4.80. The maximum Gasteiger partial charge on any atom is 0.261 e. The number of likely N-dealkylation sites (N-methyl/N-ethyl adjacent to an activating group) is 1. The molecule has 6 nitrogen and oxygen atoms in total. The molecule has 0 aliphatic rings. The standard InChI is InChI=1S/C19H17Cl2N5O/c1-22-6-7-23-17-12-8-10(20)2-4-13(12)26-19(27)16(17)18-24-14-5-3-11(21)9-15(14)25-18/h2-5,8-9,22H,6-7H2,1H3,(H,24,25)(H2,23,26,27). The maximum atomic E-state index is 12.9. The van der Waals surface area contributed by atoms with Gasteiger partial charge in [0, 0.05) is 28.5 Å². The van der Waals surface area contributed by atoms with Gasteiger partial charge in [0.1, 0.15) is 11.4 Å². The molecule has 0 unspecified atom stereocenters. The highest BCUT2D eigenvalue weighted by Gasteiger charge is 2.18. The molecule has 0 saturated heterocycles. The molecule has 2 aromatic heterocycles. The van der Waals surface area contributed by atoms with Gasteiger partial charge in [0.05, 0.1) is 22.2 Å². The predicted octanol–water partition coefficient (Wildman–Crippen LogP) is 4.01. The van der Waals surface area contributed by atoms with Crippen LogP contribution in [-0.4, -0.2) is 35.1 Å². The lowest BCUT2D eigenvalue weighted by atomic mass is 10.1. The number of aromatic nitrogens is 3. The van der Waals surface area contributed by atoms with Gasteiger partial charge in [-0.05, 0) is 43.4 Å². The van der Waals surface area contributed by atoms with Crippen molar-refractivity contribution in [2.75, 3.05) is 25.5 Å². The second-order valence-corrected chi connectivity index (χ2v) is 7.04. The average molecular weight is 402 g/mol. The Morgan fingerprint density at radius 3 is 2.59 bits per heavy atom. The van der Waals surface area contributed by atoms with E-state index in [0.717, 1.165) is 23.0 Å². The number of benzene rings is 2. The first kappa shape index (κ1) is 17.9. The Hall–Kier alpha value is -2.54. The largest absolute Gasteiger partial charge is 0.382 e. The number of hydrogen-bond acceptors (Lipinski definition) is 4. The Morgan fingerprint density at radius 1 is 1.00 bits per heavy atom. The van der Waals surface area contributed by atoms with Crippen LogP contribution in [0.5, 0.6) is 0 Å². The minimum atomic E-state index is -0.234. The lowest BCUT2D eigenvalue weighted by Crippen LogP contribution is -2.20.